The molecule has 0 atom stereocenters. The van der Waals surface area contributed by atoms with Gasteiger partial charge >= 0.3 is 0 Å². The molecule has 0 N–H and O–H groups in total. The molecule has 0 spiro atoms. The number of benzene rings is 1. The van der Waals surface area contributed by atoms with Crippen LogP contribution < -0.4 is 0 Å². The van der Waals surface area contributed by atoms with Crippen molar-refractivity contribution in [3.8, 4) is 12.3 Å². The zero-order valence-corrected chi connectivity index (χ0v) is 11.8. The van der Waals surface area contributed by atoms with Crippen LogP contribution in [0.2, 0.25) is 0 Å². The van der Waals surface area contributed by atoms with Gasteiger partial charge in [0.15, 0.2) is 0 Å². The Labute approximate surface area is 116 Å². The van der Waals surface area contributed by atoms with E-state index >= 15 is 0 Å². The second-order valence-corrected chi connectivity index (χ2v) is 4.99. The van der Waals surface area contributed by atoms with Gasteiger partial charge in [-0.05, 0) is 31.4 Å². The fourth-order valence-electron chi connectivity index (χ4n) is 2.18. The van der Waals surface area contributed by atoms with E-state index in [1.807, 2.05) is 0 Å². The van der Waals surface area contributed by atoms with E-state index in [1.54, 1.807) is 0 Å². The van der Waals surface area contributed by atoms with Gasteiger partial charge in [-0.1, -0.05) is 42.3 Å². The molecule has 0 fully saturated rings. The Morgan fingerprint density at radius 2 is 1.89 bits per heavy atom. The molecule has 0 radical (unpaired) electrons. The highest BCUT2D eigenvalue weighted by molar-refractivity contribution is 5.85. The maximum Gasteiger partial charge on any atom is 0.0768 e. The molecule has 0 bridgehead atoms. The molecule has 0 aromatic heterocycles. The number of terminal acetylenes is 1. The van der Waals surface area contributed by atoms with Gasteiger partial charge in [-0.25, -0.2) is 0 Å². The summed E-state index contributed by atoms with van der Waals surface area (Å²) in [5, 5.41) is 0. The summed E-state index contributed by atoms with van der Waals surface area (Å²) in [6.07, 6.45) is 8.95. The molecule has 1 aromatic rings. The third-order valence-electron chi connectivity index (χ3n) is 3.50. The third kappa shape index (κ3) is 3.16. The topological polar surface area (TPSA) is 3.24 Å². The lowest BCUT2D eigenvalue weighted by Gasteiger charge is -2.36. The standard InChI is InChI=1S/C16H19N.ClH/c1-4-16(2,3)17-12-10-15(11-13-17)14-8-6-5-7-9-14;/h1,5-10H,11-13H2,2-3H3;1H. The first-order valence-electron chi connectivity index (χ1n) is 6.11. The number of rotatable bonds is 2. The lowest BCUT2D eigenvalue weighted by atomic mass is 9.95. The van der Waals surface area contributed by atoms with Crippen molar-refractivity contribution in [3.63, 3.8) is 0 Å². The van der Waals surface area contributed by atoms with E-state index in [0.29, 0.717) is 0 Å². The van der Waals surface area contributed by atoms with Crippen molar-refractivity contribution >= 4 is 18.0 Å². The zero-order chi connectivity index (χ0) is 12.3. The minimum absolute atomic E-state index is 0. The molecule has 0 amide bonds. The Bertz CT molecular complexity index is 454. The van der Waals surface area contributed by atoms with Gasteiger partial charge in [-0.2, -0.15) is 0 Å². The van der Waals surface area contributed by atoms with Crippen LogP contribution in [0.15, 0.2) is 36.4 Å². The Morgan fingerprint density at radius 1 is 1.22 bits per heavy atom. The molecular formula is C16H20ClN. The average molecular weight is 262 g/mol. The van der Waals surface area contributed by atoms with Crippen molar-refractivity contribution in [2.45, 2.75) is 25.8 Å². The SMILES string of the molecule is C#CC(C)(C)N1CC=C(c2ccccc2)CC1.Cl. The molecule has 0 saturated carbocycles. The molecule has 96 valence electrons. The molecule has 1 nitrogen and oxygen atoms in total. The number of halogens is 1. The van der Waals surface area contributed by atoms with Crippen LogP contribution in [0.25, 0.3) is 5.57 Å². The average Bonchev–Trinajstić information content (AvgIpc) is 2.40. The minimum Gasteiger partial charge on any atom is -0.284 e. The van der Waals surface area contributed by atoms with E-state index in [0.717, 1.165) is 19.5 Å². The molecule has 0 unspecified atom stereocenters. The van der Waals surface area contributed by atoms with E-state index in [9.17, 15) is 0 Å². The maximum atomic E-state index is 5.57. The Kier molecular flexibility index (Phi) is 5.02. The number of hydrogen-bond donors (Lipinski definition) is 0. The van der Waals surface area contributed by atoms with Crippen molar-refractivity contribution in [1.29, 1.82) is 0 Å². The van der Waals surface area contributed by atoms with Crippen molar-refractivity contribution in [3.05, 3.63) is 42.0 Å². The van der Waals surface area contributed by atoms with Gasteiger partial charge in [0.1, 0.15) is 0 Å². The Hall–Kier alpha value is -1.23. The predicted molar refractivity (Wildman–Crippen MR) is 80.8 cm³/mol. The highest BCUT2D eigenvalue weighted by Crippen LogP contribution is 2.25. The van der Waals surface area contributed by atoms with E-state index in [4.69, 9.17) is 6.42 Å². The first-order valence-corrected chi connectivity index (χ1v) is 6.11. The fourth-order valence-corrected chi connectivity index (χ4v) is 2.18. The van der Waals surface area contributed by atoms with Crippen LogP contribution in [0.5, 0.6) is 0 Å². The van der Waals surface area contributed by atoms with Crippen LogP contribution in [0, 0.1) is 12.3 Å². The van der Waals surface area contributed by atoms with Crippen molar-refractivity contribution in [2.75, 3.05) is 13.1 Å². The highest BCUT2D eigenvalue weighted by Gasteiger charge is 2.25. The molecule has 1 aromatic carbocycles. The second-order valence-electron chi connectivity index (χ2n) is 4.99. The molecule has 2 heteroatoms. The predicted octanol–water partition coefficient (Wildman–Crippen LogP) is 3.61. The molecular weight excluding hydrogens is 242 g/mol. The first-order chi connectivity index (χ1) is 8.13. The molecule has 0 aliphatic carbocycles. The van der Waals surface area contributed by atoms with Gasteiger partial charge in [-0.15, -0.1) is 18.8 Å². The highest BCUT2D eigenvalue weighted by atomic mass is 35.5. The van der Waals surface area contributed by atoms with E-state index in [-0.39, 0.29) is 17.9 Å². The summed E-state index contributed by atoms with van der Waals surface area (Å²) in [5.74, 6) is 2.86. The normalized spacial score (nSPS) is 16.4. The Balaban J connectivity index is 0.00000162. The smallest absolute Gasteiger partial charge is 0.0768 e. The van der Waals surface area contributed by atoms with Gasteiger partial charge in [0.05, 0.1) is 5.54 Å². The lowest BCUT2D eigenvalue weighted by molar-refractivity contribution is 0.189. The van der Waals surface area contributed by atoms with Gasteiger partial charge in [0.2, 0.25) is 0 Å². The summed E-state index contributed by atoms with van der Waals surface area (Å²) in [6, 6.07) is 10.6. The van der Waals surface area contributed by atoms with E-state index in [2.05, 4.69) is 61.1 Å². The maximum absolute atomic E-state index is 5.57. The largest absolute Gasteiger partial charge is 0.284 e. The second kappa shape index (κ2) is 6.09. The van der Waals surface area contributed by atoms with Gasteiger partial charge in [0, 0.05) is 13.1 Å². The monoisotopic (exact) mass is 261 g/mol. The quantitative estimate of drug-likeness (QED) is 0.735. The molecule has 18 heavy (non-hydrogen) atoms. The molecule has 1 aliphatic rings. The first kappa shape index (κ1) is 14.8. The van der Waals surface area contributed by atoms with Crippen molar-refractivity contribution in [1.82, 2.24) is 4.90 Å². The molecule has 0 saturated heterocycles. The van der Waals surface area contributed by atoms with Crippen LogP contribution >= 0.6 is 12.4 Å². The van der Waals surface area contributed by atoms with E-state index in [1.165, 1.54) is 11.1 Å². The fraction of sp³-hybridized carbons (Fsp3) is 0.375. The van der Waals surface area contributed by atoms with Gasteiger partial charge in [-0.3, -0.25) is 4.90 Å². The van der Waals surface area contributed by atoms with Crippen molar-refractivity contribution in [2.24, 2.45) is 0 Å². The van der Waals surface area contributed by atoms with Crippen LogP contribution in [-0.4, -0.2) is 23.5 Å². The number of hydrogen-bond acceptors (Lipinski definition) is 1. The summed E-state index contributed by atoms with van der Waals surface area (Å²) in [6.45, 7) is 6.20. The minimum atomic E-state index is -0.140. The summed E-state index contributed by atoms with van der Waals surface area (Å²) in [4.78, 5) is 2.35. The van der Waals surface area contributed by atoms with E-state index < -0.39 is 0 Å². The van der Waals surface area contributed by atoms with Crippen LogP contribution in [0.4, 0.5) is 0 Å². The molecule has 1 heterocycles. The lowest BCUT2D eigenvalue weighted by Crippen LogP contribution is -2.44. The van der Waals surface area contributed by atoms with Gasteiger partial charge < -0.3 is 0 Å². The molecule has 1 aliphatic heterocycles. The van der Waals surface area contributed by atoms with Crippen LogP contribution in [0.3, 0.4) is 0 Å². The van der Waals surface area contributed by atoms with Crippen LogP contribution in [-0.2, 0) is 0 Å². The number of nitrogens with zero attached hydrogens (tertiary/aromatic N) is 1. The Morgan fingerprint density at radius 3 is 2.39 bits per heavy atom. The third-order valence-corrected chi connectivity index (χ3v) is 3.50. The summed E-state index contributed by atoms with van der Waals surface area (Å²) >= 11 is 0. The summed E-state index contributed by atoms with van der Waals surface area (Å²) in [5.41, 5.74) is 2.64. The summed E-state index contributed by atoms with van der Waals surface area (Å²) in [7, 11) is 0. The summed E-state index contributed by atoms with van der Waals surface area (Å²) < 4.78 is 0. The zero-order valence-electron chi connectivity index (χ0n) is 11.0. The van der Waals surface area contributed by atoms with Crippen molar-refractivity contribution < 1.29 is 0 Å². The van der Waals surface area contributed by atoms with Gasteiger partial charge in [0.25, 0.3) is 0 Å². The molecule has 2 rings (SSSR count). The van der Waals surface area contributed by atoms with Crippen LogP contribution in [0.1, 0.15) is 25.8 Å².